The predicted octanol–water partition coefficient (Wildman–Crippen LogP) is 5.30. The highest BCUT2D eigenvalue weighted by molar-refractivity contribution is 6.06. The van der Waals surface area contributed by atoms with Crippen LogP contribution in [0.3, 0.4) is 0 Å². The number of nitrogens with zero attached hydrogens (tertiary/aromatic N) is 2. The van der Waals surface area contributed by atoms with Gasteiger partial charge in [-0.1, -0.05) is 42.5 Å². The van der Waals surface area contributed by atoms with Gasteiger partial charge in [0.25, 0.3) is 0 Å². The zero-order valence-electron chi connectivity index (χ0n) is 16.7. The van der Waals surface area contributed by atoms with E-state index in [4.69, 9.17) is 4.74 Å². The molecule has 0 atom stereocenters. The summed E-state index contributed by atoms with van der Waals surface area (Å²) in [5, 5.41) is 2.36. The van der Waals surface area contributed by atoms with Gasteiger partial charge in [-0.3, -0.25) is 9.80 Å². The third-order valence-corrected chi connectivity index (χ3v) is 4.92. The van der Waals surface area contributed by atoms with E-state index < -0.39 is 29.6 Å². The normalized spacial score (nSPS) is 12.8. The van der Waals surface area contributed by atoms with Crippen LogP contribution >= 0.6 is 0 Å². The van der Waals surface area contributed by atoms with Gasteiger partial charge in [-0.15, -0.1) is 0 Å². The van der Waals surface area contributed by atoms with E-state index in [2.05, 4.69) is 5.32 Å². The van der Waals surface area contributed by atoms with Crippen LogP contribution in [0.5, 0.6) is 0 Å². The standard InChI is InChI=1S/C23H18F3N3O3/c24-17-12-16(13-18(25)21(17)26)27-22(30)28-10-11-29(20-9-5-4-8-19(20)28)23(31)32-14-15-6-2-1-3-7-15/h1-9,12-13H,10-11,14H2,(H,27,30). The number of hydrogen-bond acceptors (Lipinski definition) is 3. The Bertz CT molecular complexity index is 1130. The molecule has 9 heteroatoms. The van der Waals surface area contributed by atoms with E-state index in [0.717, 1.165) is 5.56 Å². The first-order chi connectivity index (χ1) is 15.4. The van der Waals surface area contributed by atoms with Crippen molar-refractivity contribution in [3.63, 3.8) is 0 Å². The average molecular weight is 441 g/mol. The Labute approximate surface area is 181 Å². The van der Waals surface area contributed by atoms with Crippen LogP contribution in [0.2, 0.25) is 0 Å². The molecule has 4 rings (SSSR count). The molecule has 0 radical (unpaired) electrons. The number of carbonyl (C=O) groups is 2. The third-order valence-electron chi connectivity index (χ3n) is 4.92. The number of benzene rings is 3. The van der Waals surface area contributed by atoms with Gasteiger partial charge in [0.15, 0.2) is 17.5 Å². The lowest BCUT2D eigenvalue weighted by Gasteiger charge is -2.35. The summed E-state index contributed by atoms with van der Waals surface area (Å²) in [5.41, 5.74) is 1.47. The topological polar surface area (TPSA) is 61.9 Å². The largest absolute Gasteiger partial charge is 0.444 e. The van der Waals surface area contributed by atoms with E-state index >= 15 is 0 Å². The summed E-state index contributed by atoms with van der Waals surface area (Å²) < 4.78 is 45.5. The smallest absolute Gasteiger partial charge is 0.414 e. The van der Waals surface area contributed by atoms with Crippen molar-refractivity contribution >= 4 is 29.2 Å². The van der Waals surface area contributed by atoms with Gasteiger partial charge >= 0.3 is 12.1 Å². The molecule has 0 bridgehead atoms. The molecule has 1 N–H and O–H groups in total. The van der Waals surface area contributed by atoms with Crippen molar-refractivity contribution in [2.75, 3.05) is 28.2 Å². The van der Waals surface area contributed by atoms with Crippen molar-refractivity contribution < 1.29 is 27.5 Å². The molecule has 0 spiro atoms. The molecule has 164 valence electrons. The van der Waals surface area contributed by atoms with Crippen LogP contribution in [-0.4, -0.2) is 25.2 Å². The second-order valence-electron chi connectivity index (χ2n) is 7.02. The Balaban J connectivity index is 1.50. The van der Waals surface area contributed by atoms with Crippen LogP contribution in [0.1, 0.15) is 5.56 Å². The van der Waals surface area contributed by atoms with Crippen molar-refractivity contribution in [3.05, 3.63) is 89.7 Å². The van der Waals surface area contributed by atoms with Crippen molar-refractivity contribution in [2.24, 2.45) is 0 Å². The molecule has 3 aromatic rings. The predicted molar refractivity (Wildman–Crippen MR) is 113 cm³/mol. The first kappa shape index (κ1) is 21.2. The minimum Gasteiger partial charge on any atom is -0.444 e. The molecular formula is C23H18F3N3O3. The fourth-order valence-electron chi connectivity index (χ4n) is 3.38. The van der Waals surface area contributed by atoms with Crippen LogP contribution < -0.4 is 15.1 Å². The minimum absolute atomic E-state index is 0.101. The van der Waals surface area contributed by atoms with Gasteiger partial charge in [0.05, 0.1) is 11.4 Å². The van der Waals surface area contributed by atoms with E-state index in [1.165, 1.54) is 9.80 Å². The molecule has 32 heavy (non-hydrogen) atoms. The number of halogens is 3. The molecule has 3 aromatic carbocycles. The molecular weight excluding hydrogens is 423 g/mol. The van der Waals surface area contributed by atoms with Crippen LogP contribution in [0.15, 0.2) is 66.7 Å². The SMILES string of the molecule is O=C(Nc1cc(F)c(F)c(F)c1)N1CCN(C(=O)OCc2ccccc2)c2ccccc21. The summed E-state index contributed by atoms with van der Waals surface area (Å²) in [7, 11) is 0. The molecule has 3 amide bonds. The Hall–Kier alpha value is -4.01. The quantitative estimate of drug-likeness (QED) is 0.561. The van der Waals surface area contributed by atoms with Gasteiger partial charge < -0.3 is 10.1 Å². The number of nitrogens with one attached hydrogen (secondary N) is 1. The molecule has 0 fully saturated rings. The van der Waals surface area contributed by atoms with E-state index in [-0.39, 0.29) is 25.4 Å². The van der Waals surface area contributed by atoms with Crippen molar-refractivity contribution in [2.45, 2.75) is 6.61 Å². The summed E-state index contributed by atoms with van der Waals surface area (Å²) in [6, 6.07) is 16.6. The molecule has 0 saturated heterocycles. The molecule has 0 saturated carbocycles. The lowest BCUT2D eigenvalue weighted by molar-refractivity contribution is 0.147. The first-order valence-corrected chi connectivity index (χ1v) is 9.74. The highest BCUT2D eigenvalue weighted by Crippen LogP contribution is 2.34. The van der Waals surface area contributed by atoms with E-state index in [1.54, 1.807) is 24.3 Å². The molecule has 1 aliphatic heterocycles. The Kier molecular flexibility index (Phi) is 5.98. The van der Waals surface area contributed by atoms with Crippen LogP contribution in [0.4, 0.5) is 39.8 Å². The third kappa shape index (κ3) is 4.36. The van der Waals surface area contributed by atoms with Crippen LogP contribution in [-0.2, 0) is 11.3 Å². The van der Waals surface area contributed by atoms with Crippen LogP contribution in [0.25, 0.3) is 0 Å². The van der Waals surface area contributed by atoms with Gasteiger partial charge in [0.1, 0.15) is 6.61 Å². The van der Waals surface area contributed by atoms with E-state index in [0.29, 0.717) is 23.5 Å². The fraction of sp³-hybridized carbons (Fsp3) is 0.130. The van der Waals surface area contributed by atoms with Gasteiger partial charge in [-0.25, -0.2) is 22.8 Å². The second-order valence-corrected chi connectivity index (χ2v) is 7.02. The number of ether oxygens (including phenoxy) is 1. The van der Waals surface area contributed by atoms with Crippen LogP contribution in [0, 0.1) is 17.5 Å². The maximum absolute atomic E-state index is 13.5. The summed E-state index contributed by atoms with van der Waals surface area (Å²) >= 11 is 0. The number of fused-ring (bicyclic) bond motifs is 1. The molecule has 0 aromatic heterocycles. The Morgan fingerprint density at radius 2 is 1.41 bits per heavy atom. The van der Waals surface area contributed by atoms with Crippen molar-refractivity contribution in [1.82, 2.24) is 0 Å². The monoisotopic (exact) mass is 441 g/mol. The Morgan fingerprint density at radius 1 is 0.844 bits per heavy atom. The number of amides is 3. The lowest BCUT2D eigenvalue weighted by Crippen LogP contribution is -2.48. The summed E-state index contributed by atoms with van der Waals surface area (Å²) in [6.45, 7) is 0.351. The maximum atomic E-state index is 13.5. The number of hydrogen-bond donors (Lipinski definition) is 1. The van der Waals surface area contributed by atoms with Crippen molar-refractivity contribution in [1.29, 1.82) is 0 Å². The van der Waals surface area contributed by atoms with Gasteiger partial charge in [-0.2, -0.15) is 0 Å². The lowest BCUT2D eigenvalue weighted by atomic mass is 10.2. The highest BCUT2D eigenvalue weighted by atomic mass is 19.2. The minimum atomic E-state index is -1.61. The van der Waals surface area contributed by atoms with Gasteiger partial charge in [-0.05, 0) is 17.7 Å². The average Bonchev–Trinajstić information content (AvgIpc) is 2.80. The second kappa shape index (κ2) is 9.01. The number of urea groups is 1. The first-order valence-electron chi connectivity index (χ1n) is 9.74. The molecule has 1 heterocycles. The molecule has 1 aliphatic rings. The number of carbonyl (C=O) groups excluding carboxylic acids is 2. The summed E-state index contributed by atoms with van der Waals surface area (Å²) in [5.74, 6) is -4.44. The van der Waals surface area contributed by atoms with Gasteiger partial charge in [0.2, 0.25) is 0 Å². The number of anilines is 3. The molecule has 0 unspecified atom stereocenters. The fourth-order valence-corrected chi connectivity index (χ4v) is 3.38. The number of para-hydroxylation sites is 2. The van der Waals surface area contributed by atoms with Crippen molar-refractivity contribution in [3.8, 4) is 0 Å². The van der Waals surface area contributed by atoms with Gasteiger partial charge in [0, 0.05) is 30.9 Å². The Morgan fingerprint density at radius 3 is 2.06 bits per heavy atom. The highest BCUT2D eigenvalue weighted by Gasteiger charge is 2.31. The number of rotatable bonds is 3. The zero-order valence-corrected chi connectivity index (χ0v) is 16.7. The summed E-state index contributed by atoms with van der Waals surface area (Å²) in [6.07, 6.45) is -0.566. The van der Waals surface area contributed by atoms with E-state index in [1.807, 2.05) is 30.3 Å². The molecule has 0 aliphatic carbocycles. The zero-order chi connectivity index (χ0) is 22.7. The maximum Gasteiger partial charge on any atom is 0.414 e. The summed E-state index contributed by atoms with van der Waals surface area (Å²) in [4.78, 5) is 28.2. The van der Waals surface area contributed by atoms with E-state index in [9.17, 15) is 22.8 Å². The molecule has 6 nitrogen and oxygen atoms in total.